The van der Waals surface area contributed by atoms with Crippen molar-refractivity contribution >= 4 is 11.0 Å². The molecule has 2 N–H and O–H groups in total. The van der Waals surface area contributed by atoms with Crippen molar-refractivity contribution < 1.29 is 5.11 Å². The molecule has 3 aromatic rings. The molecule has 0 spiro atoms. The van der Waals surface area contributed by atoms with Crippen LogP contribution in [0.5, 0.6) is 5.75 Å². The topological polar surface area (TPSA) is 48.9 Å². The van der Waals surface area contributed by atoms with E-state index < -0.39 is 0 Å². The molecule has 3 heteroatoms. The van der Waals surface area contributed by atoms with Gasteiger partial charge in [0, 0.05) is 17.1 Å². The molecule has 16 heavy (non-hydrogen) atoms. The lowest BCUT2D eigenvalue weighted by Gasteiger charge is -2.01. The lowest BCUT2D eigenvalue weighted by molar-refractivity contribution is 0.475. The van der Waals surface area contributed by atoms with Crippen LogP contribution in [0.25, 0.3) is 22.3 Å². The number of H-pyrrole nitrogens is 1. The van der Waals surface area contributed by atoms with Crippen molar-refractivity contribution in [3.63, 3.8) is 0 Å². The highest BCUT2D eigenvalue weighted by Gasteiger charge is 2.01. The highest BCUT2D eigenvalue weighted by atomic mass is 16.3. The van der Waals surface area contributed by atoms with Crippen molar-refractivity contribution in [1.29, 1.82) is 0 Å². The second-order valence-corrected chi connectivity index (χ2v) is 3.66. The summed E-state index contributed by atoms with van der Waals surface area (Å²) in [5.41, 5.74) is 2.77. The number of hydrogen-bond acceptors (Lipinski definition) is 2. The van der Waals surface area contributed by atoms with Gasteiger partial charge in [-0.1, -0.05) is 0 Å². The molecule has 0 bridgehead atoms. The first-order chi connectivity index (χ1) is 7.83. The summed E-state index contributed by atoms with van der Waals surface area (Å²) >= 11 is 0. The van der Waals surface area contributed by atoms with Crippen molar-refractivity contribution in [2.45, 2.75) is 0 Å². The molecule has 0 fully saturated rings. The van der Waals surface area contributed by atoms with Gasteiger partial charge in [0.05, 0.1) is 5.69 Å². The molecule has 0 aliphatic carbocycles. The average Bonchev–Trinajstić information content (AvgIpc) is 2.77. The van der Waals surface area contributed by atoms with Crippen LogP contribution in [0.15, 0.2) is 48.7 Å². The van der Waals surface area contributed by atoms with Crippen molar-refractivity contribution in [3.8, 4) is 17.0 Å². The Bertz CT molecular complexity index is 626. The third-order valence-electron chi connectivity index (χ3n) is 2.57. The molecule has 3 nitrogen and oxygen atoms in total. The molecular weight excluding hydrogens is 200 g/mol. The standard InChI is InChI=1S/C13H10N2O/c16-11-4-1-9(2-5-11)12-6-3-10-7-8-14-13(10)15-12/h1-8,16H,(H,14,15). The van der Waals surface area contributed by atoms with Crippen molar-refractivity contribution in [3.05, 3.63) is 48.7 Å². The fraction of sp³-hybridized carbons (Fsp3) is 0. The Morgan fingerprint density at radius 2 is 1.75 bits per heavy atom. The van der Waals surface area contributed by atoms with E-state index in [2.05, 4.69) is 9.97 Å². The van der Waals surface area contributed by atoms with E-state index in [-0.39, 0.29) is 5.75 Å². The van der Waals surface area contributed by atoms with Crippen LogP contribution in [0.2, 0.25) is 0 Å². The molecular formula is C13H10N2O. The number of nitrogens with one attached hydrogen (secondary N) is 1. The molecule has 0 amide bonds. The Morgan fingerprint density at radius 1 is 0.938 bits per heavy atom. The van der Waals surface area contributed by atoms with Crippen LogP contribution in [0, 0.1) is 0 Å². The number of benzene rings is 1. The lowest BCUT2D eigenvalue weighted by Crippen LogP contribution is -1.83. The second kappa shape index (κ2) is 3.38. The molecule has 0 radical (unpaired) electrons. The summed E-state index contributed by atoms with van der Waals surface area (Å²) in [6.07, 6.45) is 1.87. The van der Waals surface area contributed by atoms with E-state index in [4.69, 9.17) is 0 Å². The Hall–Kier alpha value is -2.29. The number of rotatable bonds is 1. The number of phenolic OH excluding ortho intramolecular Hbond substituents is 1. The maximum atomic E-state index is 9.22. The first-order valence-corrected chi connectivity index (χ1v) is 5.06. The van der Waals surface area contributed by atoms with Crippen LogP contribution in [-0.2, 0) is 0 Å². The number of nitrogens with zero attached hydrogens (tertiary/aromatic N) is 1. The molecule has 3 rings (SSSR count). The monoisotopic (exact) mass is 210 g/mol. The maximum absolute atomic E-state index is 9.22. The number of hydrogen-bond donors (Lipinski definition) is 2. The molecule has 1 aromatic carbocycles. The van der Waals surface area contributed by atoms with Gasteiger partial charge in [-0.05, 0) is 42.5 Å². The van der Waals surface area contributed by atoms with Crippen LogP contribution < -0.4 is 0 Å². The van der Waals surface area contributed by atoms with E-state index >= 15 is 0 Å². The highest BCUT2D eigenvalue weighted by Crippen LogP contribution is 2.22. The molecule has 0 aliphatic rings. The third kappa shape index (κ3) is 1.42. The predicted octanol–water partition coefficient (Wildman–Crippen LogP) is 2.94. The van der Waals surface area contributed by atoms with Crippen LogP contribution in [0.4, 0.5) is 0 Å². The van der Waals surface area contributed by atoms with E-state index in [0.29, 0.717) is 0 Å². The van der Waals surface area contributed by atoms with Gasteiger partial charge in [-0.25, -0.2) is 4.98 Å². The van der Waals surface area contributed by atoms with Gasteiger partial charge < -0.3 is 10.1 Å². The number of pyridine rings is 1. The number of aromatic nitrogens is 2. The van der Waals surface area contributed by atoms with Crippen molar-refractivity contribution in [2.24, 2.45) is 0 Å². The third-order valence-corrected chi connectivity index (χ3v) is 2.57. The minimum atomic E-state index is 0.268. The van der Waals surface area contributed by atoms with Gasteiger partial charge >= 0.3 is 0 Å². The van der Waals surface area contributed by atoms with Gasteiger partial charge in [-0.2, -0.15) is 0 Å². The molecule has 0 saturated carbocycles. The van der Waals surface area contributed by atoms with E-state index in [1.54, 1.807) is 12.1 Å². The van der Waals surface area contributed by atoms with Crippen molar-refractivity contribution in [2.75, 3.05) is 0 Å². The molecule has 0 saturated heterocycles. The van der Waals surface area contributed by atoms with E-state index in [1.165, 1.54) is 0 Å². The predicted molar refractivity (Wildman–Crippen MR) is 63.2 cm³/mol. The Kier molecular flexibility index (Phi) is 1.90. The normalized spacial score (nSPS) is 10.8. The Balaban J connectivity index is 2.14. The number of aromatic amines is 1. The molecule has 0 aliphatic heterocycles. The molecule has 2 heterocycles. The first-order valence-electron chi connectivity index (χ1n) is 5.06. The zero-order valence-electron chi connectivity index (χ0n) is 8.51. The van der Waals surface area contributed by atoms with Gasteiger partial charge in [0.25, 0.3) is 0 Å². The maximum Gasteiger partial charge on any atom is 0.137 e. The minimum absolute atomic E-state index is 0.268. The number of fused-ring (bicyclic) bond motifs is 1. The summed E-state index contributed by atoms with van der Waals surface area (Å²) in [5, 5.41) is 10.3. The van der Waals surface area contributed by atoms with Gasteiger partial charge in [0.15, 0.2) is 0 Å². The van der Waals surface area contributed by atoms with Crippen LogP contribution in [0.1, 0.15) is 0 Å². The highest BCUT2D eigenvalue weighted by molar-refractivity contribution is 5.78. The average molecular weight is 210 g/mol. The van der Waals surface area contributed by atoms with Gasteiger partial charge in [0.2, 0.25) is 0 Å². The molecule has 0 atom stereocenters. The van der Waals surface area contributed by atoms with Gasteiger partial charge in [0.1, 0.15) is 11.4 Å². The largest absolute Gasteiger partial charge is 0.508 e. The smallest absolute Gasteiger partial charge is 0.137 e. The minimum Gasteiger partial charge on any atom is -0.508 e. The van der Waals surface area contributed by atoms with Gasteiger partial charge in [-0.15, -0.1) is 0 Å². The van der Waals surface area contributed by atoms with Crippen molar-refractivity contribution in [1.82, 2.24) is 9.97 Å². The number of phenols is 1. The zero-order chi connectivity index (χ0) is 11.0. The first kappa shape index (κ1) is 8.97. The molecule has 0 unspecified atom stereocenters. The SMILES string of the molecule is Oc1ccc(-c2ccc3cc[nH]c3n2)cc1. The summed E-state index contributed by atoms with van der Waals surface area (Å²) in [6.45, 7) is 0. The fourth-order valence-electron chi connectivity index (χ4n) is 1.72. The Morgan fingerprint density at radius 3 is 2.56 bits per heavy atom. The zero-order valence-corrected chi connectivity index (χ0v) is 8.51. The van der Waals surface area contributed by atoms with Crippen LogP contribution in [0.3, 0.4) is 0 Å². The van der Waals surface area contributed by atoms with Crippen LogP contribution in [-0.4, -0.2) is 15.1 Å². The summed E-state index contributed by atoms with van der Waals surface area (Å²) in [6, 6.07) is 13.0. The molecule has 78 valence electrons. The fourth-order valence-corrected chi connectivity index (χ4v) is 1.72. The summed E-state index contributed by atoms with van der Waals surface area (Å²) < 4.78 is 0. The van der Waals surface area contributed by atoms with Crippen LogP contribution >= 0.6 is 0 Å². The second-order valence-electron chi connectivity index (χ2n) is 3.66. The summed E-state index contributed by atoms with van der Waals surface area (Å²) in [4.78, 5) is 7.58. The van der Waals surface area contributed by atoms with E-state index in [1.807, 2.05) is 36.5 Å². The summed E-state index contributed by atoms with van der Waals surface area (Å²) in [7, 11) is 0. The van der Waals surface area contributed by atoms with E-state index in [9.17, 15) is 5.11 Å². The lowest BCUT2D eigenvalue weighted by atomic mass is 10.1. The summed E-state index contributed by atoms with van der Waals surface area (Å²) in [5.74, 6) is 0.268. The molecule has 2 aromatic heterocycles. The number of aromatic hydroxyl groups is 1. The van der Waals surface area contributed by atoms with E-state index in [0.717, 1.165) is 22.3 Å². The van der Waals surface area contributed by atoms with Gasteiger partial charge in [-0.3, -0.25) is 0 Å². The quantitative estimate of drug-likeness (QED) is 0.648. The Labute approximate surface area is 92.4 Å².